The lowest BCUT2D eigenvalue weighted by molar-refractivity contribution is -0.135. The Bertz CT molecular complexity index is 538. The van der Waals surface area contributed by atoms with E-state index in [1.54, 1.807) is 4.90 Å². The van der Waals surface area contributed by atoms with Crippen molar-refractivity contribution in [2.45, 2.75) is 51.5 Å². The Hall–Kier alpha value is -1.85. The normalized spacial score (nSPS) is 18.5. The molecule has 0 aromatic carbocycles. The Morgan fingerprint density at radius 3 is 3.00 bits per heavy atom. The van der Waals surface area contributed by atoms with E-state index in [2.05, 4.69) is 15.5 Å². The summed E-state index contributed by atoms with van der Waals surface area (Å²) in [4.78, 5) is 25.6. The van der Waals surface area contributed by atoms with E-state index in [9.17, 15) is 9.59 Å². The molecule has 0 unspecified atom stereocenters. The number of hydrogen-bond donors (Lipinski definition) is 2. The zero-order chi connectivity index (χ0) is 14.7. The van der Waals surface area contributed by atoms with Crippen LogP contribution in [0.3, 0.4) is 0 Å². The molecular weight excluding hydrogens is 268 g/mol. The second-order valence-electron chi connectivity index (χ2n) is 5.88. The van der Waals surface area contributed by atoms with E-state index in [1.807, 2.05) is 0 Å². The molecule has 2 heterocycles. The molecule has 2 amide bonds. The monoisotopic (exact) mass is 290 g/mol. The molecule has 114 valence electrons. The van der Waals surface area contributed by atoms with Crippen molar-refractivity contribution in [2.24, 2.45) is 0 Å². The first-order valence-corrected chi connectivity index (χ1v) is 7.83. The molecule has 6 heteroatoms. The summed E-state index contributed by atoms with van der Waals surface area (Å²) in [6.45, 7) is 1.32. The van der Waals surface area contributed by atoms with Crippen molar-refractivity contribution in [1.82, 2.24) is 20.4 Å². The van der Waals surface area contributed by atoms with Crippen LogP contribution < -0.4 is 5.32 Å². The number of carbonyl (C=O) groups excluding carboxylic acids is 2. The van der Waals surface area contributed by atoms with Gasteiger partial charge in [0.1, 0.15) is 0 Å². The minimum absolute atomic E-state index is 0.0972. The number of likely N-dealkylation sites (tertiary alicyclic amines) is 1. The molecule has 1 saturated heterocycles. The number of aromatic nitrogens is 2. The quantitative estimate of drug-likeness (QED) is 0.865. The van der Waals surface area contributed by atoms with Gasteiger partial charge in [0.15, 0.2) is 0 Å². The number of H-pyrrole nitrogens is 1. The first-order valence-electron chi connectivity index (χ1n) is 7.83. The van der Waals surface area contributed by atoms with E-state index in [1.165, 1.54) is 11.3 Å². The van der Waals surface area contributed by atoms with Gasteiger partial charge < -0.3 is 10.2 Å². The standard InChI is InChI=1S/C15H22N4O2/c20-14(10-19-8-3-1-2-7-15(19)21)16-9-13-11-5-4-6-12(11)17-18-13/h1-10H2,(H,16,20)(H,17,18). The van der Waals surface area contributed by atoms with Crippen LogP contribution in [0.5, 0.6) is 0 Å². The van der Waals surface area contributed by atoms with Gasteiger partial charge in [-0.1, -0.05) is 6.42 Å². The highest BCUT2D eigenvalue weighted by Crippen LogP contribution is 2.22. The van der Waals surface area contributed by atoms with Gasteiger partial charge in [-0.3, -0.25) is 14.7 Å². The second-order valence-corrected chi connectivity index (χ2v) is 5.88. The van der Waals surface area contributed by atoms with Crippen LogP contribution in [0.4, 0.5) is 0 Å². The SMILES string of the molecule is O=C(CN1CCCCCC1=O)NCc1n[nH]c2c1CCC2. The second kappa shape index (κ2) is 6.28. The van der Waals surface area contributed by atoms with E-state index in [4.69, 9.17) is 0 Å². The number of amides is 2. The van der Waals surface area contributed by atoms with Gasteiger partial charge in [0.25, 0.3) is 0 Å². The maximum atomic E-state index is 12.0. The molecule has 0 saturated carbocycles. The van der Waals surface area contributed by atoms with Crippen molar-refractivity contribution in [1.29, 1.82) is 0 Å². The molecule has 1 aromatic rings. The van der Waals surface area contributed by atoms with Gasteiger partial charge in [-0.2, -0.15) is 5.10 Å². The number of carbonyl (C=O) groups is 2. The smallest absolute Gasteiger partial charge is 0.239 e. The number of rotatable bonds is 4. The summed E-state index contributed by atoms with van der Waals surface area (Å²) in [5.41, 5.74) is 3.42. The molecule has 1 fully saturated rings. The van der Waals surface area contributed by atoms with Crippen molar-refractivity contribution in [3.05, 3.63) is 17.0 Å². The van der Waals surface area contributed by atoms with E-state index >= 15 is 0 Å². The minimum Gasteiger partial charge on any atom is -0.349 e. The van der Waals surface area contributed by atoms with Gasteiger partial charge in [-0.25, -0.2) is 0 Å². The zero-order valence-corrected chi connectivity index (χ0v) is 12.3. The fraction of sp³-hybridized carbons (Fsp3) is 0.667. The van der Waals surface area contributed by atoms with Crippen LogP contribution in [0.25, 0.3) is 0 Å². The molecule has 1 aliphatic carbocycles. The van der Waals surface area contributed by atoms with Crippen LogP contribution in [0.15, 0.2) is 0 Å². The molecule has 1 aromatic heterocycles. The minimum atomic E-state index is -0.0972. The summed E-state index contributed by atoms with van der Waals surface area (Å²) in [6, 6.07) is 0. The molecule has 0 spiro atoms. The molecule has 0 bridgehead atoms. The van der Waals surface area contributed by atoms with Crippen molar-refractivity contribution < 1.29 is 9.59 Å². The number of nitrogens with one attached hydrogen (secondary N) is 2. The van der Waals surface area contributed by atoms with Crippen LogP contribution in [0, 0.1) is 0 Å². The third kappa shape index (κ3) is 3.25. The van der Waals surface area contributed by atoms with Gasteiger partial charge in [0.05, 0.1) is 18.8 Å². The van der Waals surface area contributed by atoms with Gasteiger partial charge in [-0.15, -0.1) is 0 Å². The number of fused-ring (bicyclic) bond motifs is 1. The van der Waals surface area contributed by atoms with E-state index < -0.39 is 0 Å². The van der Waals surface area contributed by atoms with Gasteiger partial charge >= 0.3 is 0 Å². The maximum Gasteiger partial charge on any atom is 0.239 e. The summed E-state index contributed by atoms with van der Waals surface area (Å²) < 4.78 is 0. The van der Waals surface area contributed by atoms with Gasteiger partial charge in [-0.05, 0) is 37.7 Å². The maximum absolute atomic E-state index is 12.0. The molecule has 3 rings (SSSR count). The third-order valence-electron chi connectivity index (χ3n) is 4.35. The number of nitrogens with zero attached hydrogens (tertiary/aromatic N) is 2. The highest BCUT2D eigenvalue weighted by atomic mass is 16.2. The topological polar surface area (TPSA) is 78.1 Å². The molecule has 0 radical (unpaired) electrons. The number of hydrogen-bond acceptors (Lipinski definition) is 3. The van der Waals surface area contributed by atoms with Crippen LogP contribution >= 0.6 is 0 Å². The van der Waals surface area contributed by atoms with E-state index in [-0.39, 0.29) is 18.4 Å². The van der Waals surface area contributed by atoms with Crippen LogP contribution in [-0.2, 0) is 29.0 Å². The Kier molecular flexibility index (Phi) is 4.22. The largest absolute Gasteiger partial charge is 0.349 e. The molecular formula is C15H22N4O2. The van der Waals surface area contributed by atoms with E-state index in [0.717, 1.165) is 44.2 Å². The Balaban J connectivity index is 1.50. The summed E-state index contributed by atoms with van der Waals surface area (Å²) >= 11 is 0. The first-order chi connectivity index (χ1) is 10.2. The average Bonchev–Trinajstić information content (AvgIpc) is 3.01. The van der Waals surface area contributed by atoms with Gasteiger partial charge in [0.2, 0.25) is 11.8 Å². The lowest BCUT2D eigenvalue weighted by Crippen LogP contribution is -2.40. The Morgan fingerprint density at radius 1 is 1.19 bits per heavy atom. The molecule has 2 aliphatic rings. The highest BCUT2D eigenvalue weighted by molar-refractivity contribution is 5.84. The van der Waals surface area contributed by atoms with Gasteiger partial charge in [0, 0.05) is 18.7 Å². The van der Waals surface area contributed by atoms with E-state index in [0.29, 0.717) is 19.5 Å². The lowest BCUT2D eigenvalue weighted by Gasteiger charge is -2.19. The van der Waals surface area contributed by atoms with Crippen molar-refractivity contribution >= 4 is 11.8 Å². The molecule has 6 nitrogen and oxygen atoms in total. The summed E-state index contributed by atoms with van der Waals surface area (Å²) in [5, 5.41) is 10.2. The van der Waals surface area contributed by atoms with Crippen molar-refractivity contribution in [3.8, 4) is 0 Å². The molecule has 1 aliphatic heterocycles. The molecule has 21 heavy (non-hydrogen) atoms. The summed E-state index contributed by atoms with van der Waals surface area (Å²) in [5.74, 6) is 0.00306. The average molecular weight is 290 g/mol. The van der Waals surface area contributed by atoms with Crippen LogP contribution in [0.2, 0.25) is 0 Å². The third-order valence-corrected chi connectivity index (χ3v) is 4.35. The fourth-order valence-corrected chi connectivity index (χ4v) is 3.15. The highest BCUT2D eigenvalue weighted by Gasteiger charge is 2.21. The van der Waals surface area contributed by atoms with Crippen molar-refractivity contribution in [2.75, 3.05) is 13.1 Å². The first kappa shape index (κ1) is 14.1. The van der Waals surface area contributed by atoms with Crippen LogP contribution in [-0.4, -0.2) is 40.0 Å². The predicted molar refractivity (Wildman–Crippen MR) is 77.5 cm³/mol. The summed E-state index contributed by atoms with van der Waals surface area (Å²) in [7, 11) is 0. The molecule has 2 N–H and O–H groups in total. The summed E-state index contributed by atoms with van der Waals surface area (Å²) in [6.07, 6.45) is 6.83. The number of aryl methyl sites for hydroxylation is 1. The number of aromatic amines is 1. The molecule has 0 atom stereocenters. The predicted octanol–water partition coefficient (Wildman–Crippen LogP) is 0.917. The van der Waals surface area contributed by atoms with Crippen LogP contribution in [0.1, 0.15) is 49.1 Å². The Morgan fingerprint density at radius 2 is 2.10 bits per heavy atom. The Labute approximate surface area is 124 Å². The fourth-order valence-electron chi connectivity index (χ4n) is 3.15. The zero-order valence-electron chi connectivity index (χ0n) is 12.3. The lowest BCUT2D eigenvalue weighted by atomic mass is 10.2. The van der Waals surface area contributed by atoms with Crippen molar-refractivity contribution in [3.63, 3.8) is 0 Å².